The minimum absolute atomic E-state index is 0.0257. The first kappa shape index (κ1) is 23.0. The van der Waals surface area contributed by atoms with Crippen LogP contribution in [0, 0.1) is 11.8 Å². The van der Waals surface area contributed by atoms with Gasteiger partial charge in [0, 0.05) is 23.7 Å². The van der Waals surface area contributed by atoms with Gasteiger partial charge in [-0.3, -0.25) is 9.36 Å². The van der Waals surface area contributed by atoms with E-state index < -0.39 is 7.60 Å². The van der Waals surface area contributed by atoms with Crippen molar-refractivity contribution in [1.29, 1.82) is 0 Å². The van der Waals surface area contributed by atoms with Crippen LogP contribution in [0.1, 0.15) is 68.2 Å². The molecular formula is C24H34NO4P. The Morgan fingerprint density at radius 2 is 1.67 bits per heavy atom. The lowest BCUT2D eigenvalue weighted by atomic mass is 9.98. The van der Waals surface area contributed by atoms with Crippen LogP contribution >= 0.6 is 7.60 Å². The van der Waals surface area contributed by atoms with Crippen molar-refractivity contribution in [3.05, 3.63) is 59.4 Å². The maximum atomic E-state index is 13.5. The highest BCUT2D eigenvalue weighted by Crippen LogP contribution is 2.53. The van der Waals surface area contributed by atoms with Crippen molar-refractivity contribution in [2.45, 2.75) is 53.0 Å². The summed E-state index contributed by atoms with van der Waals surface area (Å²) in [6.07, 6.45) is 2.22. The van der Waals surface area contributed by atoms with E-state index in [1.54, 1.807) is 0 Å². The van der Waals surface area contributed by atoms with Gasteiger partial charge in [0.25, 0.3) is 0 Å². The van der Waals surface area contributed by atoms with Gasteiger partial charge in [-0.1, -0.05) is 58.0 Å². The van der Waals surface area contributed by atoms with Crippen LogP contribution in [0.3, 0.4) is 0 Å². The predicted molar refractivity (Wildman–Crippen MR) is 120 cm³/mol. The summed E-state index contributed by atoms with van der Waals surface area (Å²) in [5.41, 5.74) is 2.44. The molecule has 0 aliphatic carbocycles. The summed E-state index contributed by atoms with van der Waals surface area (Å²) in [4.78, 5) is 13.0. The number of fused-ring (bicyclic) bond motifs is 1. The molecule has 1 unspecified atom stereocenters. The van der Waals surface area contributed by atoms with Crippen molar-refractivity contribution in [2.75, 3.05) is 19.4 Å². The van der Waals surface area contributed by atoms with E-state index in [1.165, 1.54) is 0 Å². The smallest absolute Gasteiger partial charge is 0.331 e. The van der Waals surface area contributed by atoms with Gasteiger partial charge in [0.2, 0.25) is 5.78 Å². The van der Waals surface area contributed by atoms with E-state index in [1.807, 2.05) is 70.2 Å². The first-order valence-corrected chi connectivity index (χ1v) is 12.7. The molecule has 1 atom stereocenters. The first-order chi connectivity index (χ1) is 14.3. The molecule has 164 valence electrons. The SMILES string of the molecule is CC(C)COP(=O)(CC1CCCn2c(C(=O)c3ccccc3)ccc21)OCC(C)C. The summed E-state index contributed by atoms with van der Waals surface area (Å²) in [5.74, 6) is 0.650. The Hall–Kier alpha value is -1.68. The monoisotopic (exact) mass is 431 g/mol. The Morgan fingerprint density at radius 3 is 2.27 bits per heavy atom. The van der Waals surface area contributed by atoms with Crippen molar-refractivity contribution < 1.29 is 18.4 Å². The van der Waals surface area contributed by atoms with Crippen LogP contribution < -0.4 is 0 Å². The molecule has 0 radical (unpaired) electrons. The molecule has 30 heavy (non-hydrogen) atoms. The highest BCUT2D eigenvalue weighted by Gasteiger charge is 2.34. The minimum Gasteiger partial charge on any atom is -0.342 e. The van der Waals surface area contributed by atoms with Gasteiger partial charge in [-0.2, -0.15) is 0 Å². The summed E-state index contributed by atoms with van der Waals surface area (Å²) in [6.45, 7) is 9.80. The van der Waals surface area contributed by atoms with E-state index in [0.717, 1.165) is 25.1 Å². The van der Waals surface area contributed by atoms with Gasteiger partial charge in [-0.25, -0.2) is 0 Å². The second-order valence-corrected chi connectivity index (χ2v) is 11.1. The zero-order valence-corrected chi connectivity index (χ0v) is 19.4. The number of carbonyl (C=O) groups excluding carboxylic acids is 1. The number of hydrogen-bond acceptors (Lipinski definition) is 4. The molecule has 0 amide bonds. The number of ketones is 1. The molecule has 1 aliphatic heterocycles. The third-order valence-corrected chi connectivity index (χ3v) is 7.26. The van der Waals surface area contributed by atoms with Crippen molar-refractivity contribution in [3.63, 3.8) is 0 Å². The largest absolute Gasteiger partial charge is 0.342 e. The quantitative estimate of drug-likeness (QED) is 0.335. The van der Waals surface area contributed by atoms with E-state index in [2.05, 4.69) is 4.57 Å². The summed E-state index contributed by atoms with van der Waals surface area (Å²) >= 11 is 0. The topological polar surface area (TPSA) is 57.5 Å². The fourth-order valence-electron chi connectivity index (χ4n) is 3.79. The summed E-state index contributed by atoms with van der Waals surface area (Å²) in [5, 5.41) is 0. The Morgan fingerprint density at radius 1 is 1.03 bits per heavy atom. The predicted octanol–water partition coefficient (Wildman–Crippen LogP) is 6.13. The molecule has 0 fully saturated rings. The summed E-state index contributed by atoms with van der Waals surface area (Å²) < 4.78 is 27.3. The molecule has 5 nitrogen and oxygen atoms in total. The van der Waals surface area contributed by atoms with Gasteiger partial charge in [-0.15, -0.1) is 0 Å². The highest BCUT2D eigenvalue weighted by atomic mass is 31.2. The molecule has 1 aromatic heterocycles. The Kier molecular flexibility index (Phi) is 7.73. The van der Waals surface area contributed by atoms with E-state index >= 15 is 0 Å². The van der Waals surface area contributed by atoms with Crippen molar-refractivity contribution in [3.8, 4) is 0 Å². The lowest BCUT2D eigenvalue weighted by molar-refractivity contribution is 0.102. The lowest BCUT2D eigenvalue weighted by Gasteiger charge is -2.29. The standard InChI is InChI=1S/C24H34NO4P/c1-18(2)15-28-30(27,29-16-19(3)4)17-21-11-8-14-25-22(21)12-13-23(25)24(26)20-9-6-5-7-10-20/h5-7,9-10,12-13,18-19,21H,8,11,14-17H2,1-4H3. The van der Waals surface area contributed by atoms with Gasteiger partial charge >= 0.3 is 7.60 Å². The normalized spacial score (nSPS) is 16.8. The van der Waals surface area contributed by atoms with E-state index in [0.29, 0.717) is 30.6 Å². The molecule has 0 bridgehead atoms. The van der Waals surface area contributed by atoms with Crippen molar-refractivity contribution in [1.82, 2.24) is 4.57 Å². The molecule has 0 spiro atoms. The molecule has 1 aliphatic rings. The van der Waals surface area contributed by atoms with Crippen LogP contribution in [0.4, 0.5) is 0 Å². The van der Waals surface area contributed by atoms with Gasteiger partial charge in [-0.05, 0) is 36.8 Å². The third-order valence-electron chi connectivity index (χ3n) is 5.29. The summed E-state index contributed by atoms with van der Waals surface area (Å²) in [7, 11) is -3.22. The first-order valence-electron chi connectivity index (χ1n) is 11.0. The van der Waals surface area contributed by atoms with E-state index in [4.69, 9.17) is 9.05 Å². The van der Waals surface area contributed by atoms with Crippen LogP contribution in [0.2, 0.25) is 0 Å². The lowest BCUT2D eigenvalue weighted by Crippen LogP contribution is -2.22. The Bertz CT molecular complexity index is 872. The van der Waals surface area contributed by atoms with Crippen LogP contribution in [0.5, 0.6) is 0 Å². The van der Waals surface area contributed by atoms with Gasteiger partial charge in [0.1, 0.15) is 0 Å². The molecular weight excluding hydrogens is 397 g/mol. The Balaban J connectivity index is 1.82. The van der Waals surface area contributed by atoms with Crippen molar-refractivity contribution >= 4 is 13.4 Å². The molecule has 1 aromatic carbocycles. The average molecular weight is 432 g/mol. The maximum Gasteiger partial charge on any atom is 0.331 e. The van der Waals surface area contributed by atoms with Crippen LogP contribution in [0.25, 0.3) is 0 Å². The van der Waals surface area contributed by atoms with E-state index in [-0.39, 0.29) is 23.5 Å². The fraction of sp³-hybridized carbons (Fsp3) is 0.542. The third kappa shape index (κ3) is 5.72. The number of aromatic nitrogens is 1. The molecule has 2 aromatic rings. The molecule has 2 heterocycles. The fourth-order valence-corrected chi connectivity index (χ4v) is 6.04. The molecule has 6 heteroatoms. The maximum absolute atomic E-state index is 13.5. The second kappa shape index (κ2) is 10.1. The summed E-state index contributed by atoms with van der Waals surface area (Å²) in [6, 6.07) is 13.3. The highest BCUT2D eigenvalue weighted by molar-refractivity contribution is 7.53. The zero-order valence-electron chi connectivity index (χ0n) is 18.5. The zero-order chi connectivity index (χ0) is 21.7. The van der Waals surface area contributed by atoms with Crippen LogP contribution in [-0.2, 0) is 20.2 Å². The van der Waals surface area contributed by atoms with Gasteiger partial charge < -0.3 is 13.6 Å². The number of rotatable bonds is 10. The Labute approximate surface area is 180 Å². The van der Waals surface area contributed by atoms with Crippen LogP contribution in [-0.4, -0.2) is 29.7 Å². The van der Waals surface area contributed by atoms with Gasteiger partial charge in [0.05, 0.1) is 25.1 Å². The van der Waals surface area contributed by atoms with Gasteiger partial charge in [0.15, 0.2) is 0 Å². The number of hydrogen-bond donors (Lipinski definition) is 0. The molecule has 3 rings (SSSR count). The molecule has 0 N–H and O–H groups in total. The molecule has 0 saturated heterocycles. The average Bonchev–Trinajstić information content (AvgIpc) is 3.16. The van der Waals surface area contributed by atoms with Crippen LogP contribution in [0.15, 0.2) is 42.5 Å². The minimum atomic E-state index is -3.22. The van der Waals surface area contributed by atoms with E-state index in [9.17, 15) is 9.36 Å². The second-order valence-electron chi connectivity index (χ2n) is 9.00. The number of benzene rings is 1. The molecule has 0 saturated carbocycles. The van der Waals surface area contributed by atoms with Crippen molar-refractivity contribution in [2.24, 2.45) is 11.8 Å². The number of carbonyl (C=O) groups is 1. The number of nitrogens with zero attached hydrogens (tertiary/aromatic N) is 1.